The van der Waals surface area contributed by atoms with Crippen LogP contribution in [0.4, 0.5) is 15.8 Å². The Morgan fingerprint density at radius 1 is 1.41 bits per heavy atom. The number of hydrogen-bond donors (Lipinski definition) is 2. The molecule has 0 amide bonds. The lowest BCUT2D eigenvalue weighted by Gasteiger charge is -2.28. The lowest BCUT2D eigenvalue weighted by atomic mass is 9.87. The zero-order valence-corrected chi connectivity index (χ0v) is 11.6. The minimum atomic E-state index is -0.315. The largest absolute Gasteiger partial charge is 0.397 e. The third-order valence-electron chi connectivity index (χ3n) is 3.39. The van der Waals surface area contributed by atoms with E-state index in [0.29, 0.717) is 16.2 Å². The summed E-state index contributed by atoms with van der Waals surface area (Å²) in [6, 6.07) is 3.54. The van der Waals surface area contributed by atoms with Gasteiger partial charge in [-0.15, -0.1) is 0 Å². The van der Waals surface area contributed by atoms with Crippen LogP contribution in [0.15, 0.2) is 16.6 Å². The van der Waals surface area contributed by atoms with Crippen LogP contribution in [0.2, 0.25) is 0 Å². The van der Waals surface area contributed by atoms with Crippen molar-refractivity contribution in [3.63, 3.8) is 0 Å². The highest BCUT2D eigenvalue weighted by molar-refractivity contribution is 9.10. The highest BCUT2D eigenvalue weighted by atomic mass is 79.9. The molecular formula is C13H18BrFN2. The van der Waals surface area contributed by atoms with Crippen LogP contribution < -0.4 is 11.1 Å². The van der Waals surface area contributed by atoms with Crippen molar-refractivity contribution < 1.29 is 4.39 Å². The molecule has 2 nitrogen and oxygen atoms in total. The Labute approximate surface area is 110 Å². The van der Waals surface area contributed by atoms with E-state index in [4.69, 9.17) is 5.73 Å². The van der Waals surface area contributed by atoms with E-state index >= 15 is 0 Å². The first-order valence-corrected chi connectivity index (χ1v) is 6.86. The van der Waals surface area contributed by atoms with Crippen molar-refractivity contribution in [2.24, 2.45) is 5.92 Å². The van der Waals surface area contributed by atoms with Gasteiger partial charge < -0.3 is 11.1 Å². The first kappa shape index (κ1) is 12.7. The van der Waals surface area contributed by atoms with Crippen LogP contribution in [-0.2, 0) is 0 Å². The smallest absolute Gasteiger partial charge is 0.139 e. The van der Waals surface area contributed by atoms with Gasteiger partial charge in [-0.3, -0.25) is 0 Å². The molecule has 3 N–H and O–H groups in total. The summed E-state index contributed by atoms with van der Waals surface area (Å²) >= 11 is 3.19. The SMILES string of the molecule is CC1CCCC(Nc2cc(Br)c(F)cc2N)C1. The number of hydrogen-bond acceptors (Lipinski definition) is 2. The third-order valence-corrected chi connectivity index (χ3v) is 4.00. The van der Waals surface area contributed by atoms with Crippen LogP contribution in [0, 0.1) is 11.7 Å². The highest BCUT2D eigenvalue weighted by Gasteiger charge is 2.19. The second-order valence-electron chi connectivity index (χ2n) is 4.97. The van der Waals surface area contributed by atoms with Gasteiger partial charge >= 0.3 is 0 Å². The summed E-state index contributed by atoms with van der Waals surface area (Å²) in [4.78, 5) is 0. The van der Waals surface area contributed by atoms with Gasteiger partial charge in [0.2, 0.25) is 0 Å². The Balaban J connectivity index is 2.10. The summed E-state index contributed by atoms with van der Waals surface area (Å²) in [7, 11) is 0. The number of rotatable bonds is 2. The van der Waals surface area contributed by atoms with Crippen molar-refractivity contribution in [3.05, 3.63) is 22.4 Å². The average Bonchev–Trinajstić information content (AvgIpc) is 2.26. The van der Waals surface area contributed by atoms with Gasteiger partial charge in [0.15, 0.2) is 0 Å². The molecule has 1 aliphatic carbocycles. The first-order chi connectivity index (χ1) is 8.06. The second kappa shape index (κ2) is 5.25. The van der Waals surface area contributed by atoms with Gasteiger partial charge in [0.25, 0.3) is 0 Å². The van der Waals surface area contributed by atoms with Crippen molar-refractivity contribution in [2.75, 3.05) is 11.1 Å². The summed E-state index contributed by atoms with van der Waals surface area (Å²) in [5, 5.41) is 3.43. The predicted octanol–water partition coefficient (Wildman–Crippen LogP) is 4.16. The molecule has 1 aromatic rings. The standard InChI is InChI=1S/C13H18BrFN2/c1-8-3-2-4-9(5-8)17-13-6-10(14)11(15)7-12(13)16/h6-9,17H,2-5,16H2,1H3. The van der Waals surface area contributed by atoms with E-state index in [1.165, 1.54) is 25.3 Å². The number of halogens is 2. The van der Waals surface area contributed by atoms with E-state index in [0.717, 1.165) is 18.0 Å². The van der Waals surface area contributed by atoms with Crippen molar-refractivity contribution in [1.82, 2.24) is 0 Å². The Morgan fingerprint density at radius 3 is 2.88 bits per heavy atom. The molecule has 0 bridgehead atoms. The number of benzene rings is 1. The van der Waals surface area contributed by atoms with E-state index in [1.807, 2.05) is 0 Å². The topological polar surface area (TPSA) is 38.0 Å². The Kier molecular flexibility index (Phi) is 3.92. The van der Waals surface area contributed by atoms with Gasteiger partial charge in [-0.2, -0.15) is 0 Å². The van der Waals surface area contributed by atoms with Crippen molar-refractivity contribution in [1.29, 1.82) is 0 Å². The Hall–Kier alpha value is -0.770. The first-order valence-electron chi connectivity index (χ1n) is 6.07. The number of nitrogen functional groups attached to an aromatic ring is 1. The molecule has 1 saturated carbocycles. The van der Waals surface area contributed by atoms with Crippen molar-refractivity contribution >= 4 is 27.3 Å². The fourth-order valence-corrected chi connectivity index (χ4v) is 2.82. The van der Waals surface area contributed by atoms with E-state index in [9.17, 15) is 4.39 Å². The summed E-state index contributed by atoms with van der Waals surface area (Å²) in [6.45, 7) is 2.28. The summed E-state index contributed by atoms with van der Waals surface area (Å²) in [5.74, 6) is 0.441. The van der Waals surface area contributed by atoms with Crippen LogP contribution >= 0.6 is 15.9 Å². The van der Waals surface area contributed by atoms with Gasteiger partial charge in [0, 0.05) is 12.1 Å². The maximum atomic E-state index is 13.2. The zero-order chi connectivity index (χ0) is 12.4. The van der Waals surface area contributed by atoms with Gasteiger partial charge in [0.1, 0.15) is 5.82 Å². The monoisotopic (exact) mass is 300 g/mol. The van der Waals surface area contributed by atoms with E-state index < -0.39 is 0 Å². The number of nitrogens with one attached hydrogen (secondary N) is 1. The molecule has 1 aliphatic rings. The molecule has 17 heavy (non-hydrogen) atoms. The maximum Gasteiger partial charge on any atom is 0.139 e. The molecule has 0 aromatic heterocycles. The molecule has 0 heterocycles. The van der Waals surface area contributed by atoms with E-state index in [-0.39, 0.29) is 5.82 Å². The average molecular weight is 301 g/mol. The lowest BCUT2D eigenvalue weighted by molar-refractivity contribution is 0.358. The van der Waals surface area contributed by atoms with Crippen molar-refractivity contribution in [2.45, 2.75) is 38.6 Å². The molecule has 0 spiro atoms. The Morgan fingerprint density at radius 2 is 2.18 bits per heavy atom. The number of nitrogens with two attached hydrogens (primary N) is 1. The molecule has 2 unspecified atom stereocenters. The number of anilines is 2. The minimum absolute atomic E-state index is 0.315. The molecule has 1 fully saturated rings. The van der Waals surface area contributed by atoms with Crippen LogP contribution in [0.1, 0.15) is 32.6 Å². The normalized spacial score (nSPS) is 24.6. The molecule has 4 heteroatoms. The second-order valence-corrected chi connectivity index (χ2v) is 5.82. The Bertz CT molecular complexity index is 409. The summed E-state index contributed by atoms with van der Waals surface area (Å²) in [5.41, 5.74) is 7.13. The van der Waals surface area contributed by atoms with Crippen LogP contribution in [0.25, 0.3) is 0 Å². The summed E-state index contributed by atoms with van der Waals surface area (Å²) < 4.78 is 13.7. The lowest BCUT2D eigenvalue weighted by Crippen LogP contribution is -2.26. The molecule has 1 aromatic carbocycles. The fraction of sp³-hybridized carbons (Fsp3) is 0.538. The highest BCUT2D eigenvalue weighted by Crippen LogP contribution is 2.31. The molecule has 0 aliphatic heterocycles. The maximum absolute atomic E-state index is 13.2. The van der Waals surface area contributed by atoms with Crippen LogP contribution in [0.3, 0.4) is 0 Å². The molecule has 0 radical (unpaired) electrons. The van der Waals surface area contributed by atoms with E-state index in [2.05, 4.69) is 28.2 Å². The third kappa shape index (κ3) is 3.12. The van der Waals surface area contributed by atoms with Gasteiger partial charge in [-0.1, -0.05) is 19.8 Å². The summed E-state index contributed by atoms with van der Waals surface area (Å²) in [6.07, 6.45) is 4.88. The zero-order valence-electron chi connectivity index (χ0n) is 9.97. The van der Waals surface area contributed by atoms with Crippen molar-refractivity contribution in [3.8, 4) is 0 Å². The van der Waals surface area contributed by atoms with Gasteiger partial charge in [-0.25, -0.2) is 4.39 Å². The van der Waals surface area contributed by atoms with Gasteiger partial charge in [0.05, 0.1) is 15.8 Å². The molecule has 2 rings (SSSR count). The molecule has 94 valence electrons. The predicted molar refractivity (Wildman–Crippen MR) is 73.6 cm³/mol. The quantitative estimate of drug-likeness (QED) is 0.805. The van der Waals surface area contributed by atoms with E-state index in [1.54, 1.807) is 6.07 Å². The van der Waals surface area contributed by atoms with Crippen LogP contribution in [0.5, 0.6) is 0 Å². The minimum Gasteiger partial charge on any atom is -0.397 e. The molecular weight excluding hydrogens is 283 g/mol. The van der Waals surface area contributed by atoms with Crippen LogP contribution in [-0.4, -0.2) is 6.04 Å². The molecule has 0 saturated heterocycles. The van der Waals surface area contributed by atoms with Gasteiger partial charge in [-0.05, 0) is 40.8 Å². The molecule has 2 atom stereocenters. The fourth-order valence-electron chi connectivity index (χ4n) is 2.47.